The number of nitrogens with zero attached hydrogens (tertiary/aromatic N) is 2. The van der Waals surface area contributed by atoms with Crippen LogP contribution in [0.3, 0.4) is 0 Å². The summed E-state index contributed by atoms with van der Waals surface area (Å²) < 4.78 is 8.58. The molecule has 0 spiro atoms. The second-order valence-electron chi connectivity index (χ2n) is 8.70. The third-order valence-corrected chi connectivity index (χ3v) is 6.79. The summed E-state index contributed by atoms with van der Waals surface area (Å²) in [5.41, 5.74) is 1.20. The number of carbonyl (C=O) groups is 2. The molecule has 2 bridgehead atoms. The molecular weight excluding hydrogens is 382 g/mol. The molecule has 2 saturated carbocycles. The van der Waals surface area contributed by atoms with Crippen molar-refractivity contribution in [3.63, 3.8) is 0 Å². The number of benzene rings is 1. The molecule has 4 atom stereocenters. The van der Waals surface area contributed by atoms with Crippen molar-refractivity contribution in [3.8, 4) is 5.69 Å². The standard InChI is InChI=1S/C23H29N3O4/c1-14-21(23(29)26(25(14)3)19-7-5-4-6-8-19)24-22(28)15(2)30-20(27)13-18-12-16-9-10-17(18)11-16/h4-8,15-18H,9-13H2,1-3H3,(H,24,28)/t15-,16-,17-,18-/m0/s1. The highest BCUT2D eigenvalue weighted by Crippen LogP contribution is 2.49. The molecule has 0 aliphatic heterocycles. The maximum atomic E-state index is 12.9. The van der Waals surface area contributed by atoms with Crippen molar-refractivity contribution in [2.75, 3.05) is 5.32 Å². The van der Waals surface area contributed by atoms with Crippen molar-refractivity contribution in [3.05, 3.63) is 46.4 Å². The molecule has 0 radical (unpaired) electrons. The molecule has 4 rings (SSSR count). The van der Waals surface area contributed by atoms with E-state index in [1.54, 1.807) is 25.6 Å². The van der Waals surface area contributed by atoms with E-state index in [4.69, 9.17) is 4.74 Å². The molecule has 2 aliphatic rings. The summed E-state index contributed by atoms with van der Waals surface area (Å²) in [5.74, 6) is 0.960. The van der Waals surface area contributed by atoms with E-state index in [-0.39, 0.29) is 17.2 Å². The summed E-state index contributed by atoms with van der Waals surface area (Å²) in [6, 6.07) is 9.22. The molecule has 1 amide bonds. The van der Waals surface area contributed by atoms with E-state index in [2.05, 4.69) is 5.32 Å². The fourth-order valence-electron chi connectivity index (χ4n) is 5.08. The van der Waals surface area contributed by atoms with Gasteiger partial charge in [0, 0.05) is 13.5 Å². The number of amides is 1. The molecule has 30 heavy (non-hydrogen) atoms. The first-order valence-corrected chi connectivity index (χ1v) is 10.7. The molecule has 1 aromatic heterocycles. The Hall–Kier alpha value is -2.83. The van der Waals surface area contributed by atoms with E-state index in [0.717, 1.165) is 12.3 Å². The predicted molar refractivity (Wildman–Crippen MR) is 113 cm³/mol. The van der Waals surface area contributed by atoms with Gasteiger partial charge in [0.05, 0.1) is 11.4 Å². The van der Waals surface area contributed by atoms with Gasteiger partial charge in [0.25, 0.3) is 11.5 Å². The van der Waals surface area contributed by atoms with E-state index < -0.39 is 12.0 Å². The lowest BCUT2D eigenvalue weighted by atomic mass is 9.86. The van der Waals surface area contributed by atoms with Crippen molar-refractivity contribution >= 4 is 17.6 Å². The van der Waals surface area contributed by atoms with Gasteiger partial charge in [0.15, 0.2) is 6.10 Å². The molecule has 1 heterocycles. The number of carbonyl (C=O) groups excluding carboxylic acids is 2. The highest BCUT2D eigenvalue weighted by Gasteiger charge is 2.40. The second kappa shape index (κ2) is 8.13. The number of anilines is 1. The summed E-state index contributed by atoms with van der Waals surface area (Å²) in [7, 11) is 1.76. The lowest BCUT2D eigenvalue weighted by molar-refractivity contribution is -0.154. The van der Waals surface area contributed by atoms with Crippen molar-refractivity contribution < 1.29 is 14.3 Å². The van der Waals surface area contributed by atoms with Gasteiger partial charge in [-0.2, -0.15) is 0 Å². The van der Waals surface area contributed by atoms with Crippen molar-refractivity contribution in [1.29, 1.82) is 0 Å². The average molecular weight is 412 g/mol. The minimum atomic E-state index is -0.958. The topological polar surface area (TPSA) is 82.3 Å². The Bertz CT molecular complexity index is 1010. The Morgan fingerprint density at radius 1 is 1.20 bits per heavy atom. The summed E-state index contributed by atoms with van der Waals surface area (Å²) >= 11 is 0. The third kappa shape index (κ3) is 3.80. The van der Waals surface area contributed by atoms with Crippen LogP contribution in [0.4, 0.5) is 5.69 Å². The van der Waals surface area contributed by atoms with E-state index in [0.29, 0.717) is 29.6 Å². The minimum absolute atomic E-state index is 0.197. The Labute approximate surface area is 176 Å². The molecule has 1 N–H and O–H groups in total. The number of para-hydroxylation sites is 1. The smallest absolute Gasteiger partial charge is 0.306 e. The number of ether oxygens (including phenoxy) is 1. The van der Waals surface area contributed by atoms with Crippen LogP contribution in [0.15, 0.2) is 35.1 Å². The van der Waals surface area contributed by atoms with Gasteiger partial charge in [-0.15, -0.1) is 0 Å². The monoisotopic (exact) mass is 411 g/mol. The highest BCUT2D eigenvalue weighted by atomic mass is 16.5. The third-order valence-electron chi connectivity index (χ3n) is 6.79. The summed E-state index contributed by atoms with van der Waals surface area (Å²) in [5, 5.41) is 2.66. The maximum Gasteiger partial charge on any atom is 0.306 e. The number of hydrogen-bond donors (Lipinski definition) is 1. The van der Waals surface area contributed by atoms with Crippen molar-refractivity contribution in [1.82, 2.24) is 9.36 Å². The molecule has 2 fully saturated rings. The number of fused-ring (bicyclic) bond motifs is 2. The first-order chi connectivity index (χ1) is 14.3. The summed E-state index contributed by atoms with van der Waals surface area (Å²) in [6.45, 7) is 3.31. The number of rotatable bonds is 6. The first kappa shape index (κ1) is 20.4. The zero-order valence-corrected chi connectivity index (χ0v) is 17.8. The van der Waals surface area contributed by atoms with Crippen molar-refractivity contribution in [2.24, 2.45) is 24.8 Å². The van der Waals surface area contributed by atoms with Crippen LogP contribution in [0.2, 0.25) is 0 Å². The SMILES string of the molecule is Cc1c(NC(=O)[C@H](C)OC(=O)C[C@@H]2C[C@H]3CC[C@H]2C3)c(=O)n(-c2ccccc2)n1C. The van der Waals surface area contributed by atoms with Gasteiger partial charge < -0.3 is 10.1 Å². The molecule has 2 aromatic rings. The van der Waals surface area contributed by atoms with Crippen LogP contribution in [0, 0.1) is 24.7 Å². The van der Waals surface area contributed by atoms with Crippen LogP contribution in [0.5, 0.6) is 0 Å². The summed E-state index contributed by atoms with van der Waals surface area (Å²) in [4.78, 5) is 37.9. The fraction of sp³-hybridized carbons (Fsp3) is 0.522. The lowest BCUT2D eigenvalue weighted by Gasteiger charge is -2.21. The fourth-order valence-corrected chi connectivity index (χ4v) is 5.08. The Kier molecular flexibility index (Phi) is 5.54. The Morgan fingerprint density at radius 2 is 1.93 bits per heavy atom. The summed E-state index contributed by atoms with van der Waals surface area (Å²) in [6.07, 6.45) is 4.24. The minimum Gasteiger partial charge on any atom is -0.453 e. The molecule has 7 heteroatoms. The zero-order chi connectivity index (χ0) is 21.4. The molecule has 7 nitrogen and oxygen atoms in total. The van der Waals surface area contributed by atoms with Gasteiger partial charge in [-0.3, -0.25) is 19.1 Å². The largest absolute Gasteiger partial charge is 0.453 e. The van der Waals surface area contributed by atoms with Crippen LogP contribution in [-0.2, 0) is 21.4 Å². The van der Waals surface area contributed by atoms with E-state index in [1.165, 1.54) is 23.9 Å². The van der Waals surface area contributed by atoms with Crippen LogP contribution in [-0.4, -0.2) is 27.3 Å². The first-order valence-electron chi connectivity index (χ1n) is 10.7. The number of nitrogens with one attached hydrogen (secondary N) is 1. The molecule has 160 valence electrons. The number of hydrogen-bond acceptors (Lipinski definition) is 4. The van der Waals surface area contributed by atoms with Crippen LogP contribution >= 0.6 is 0 Å². The quantitative estimate of drug-likeness (QED) is 0.740. The molecule has 1 aromatic carbocycles. The Morgan fingerprint density at radius 3 is 2.57 bits per heavy atom. The van der Waals surface area contributed by atoms with Gasteiger partial charge in [0.1, 0.15) is 5.69 Å². The molecule has 0 saturated heterocycles. The van der Waals surface area contributed by atoms with Crippen LogP contribution in [0.1, 0.15) is 44.7 Å². The molecule has 0 unspecified atom stereocenters. The van der Waals surface area contributed by atoms with Gasteiger partial charge in [-0.1, -0.05) is 24.6 Å². The van der Waals surface area contributed by atoms with Gasteiger partial charge >= 0.3 is 5.97 Å². The van der Waals surface area contributed by atoms with Crippen molar-refractivity contribution in [2.45, 2.75) is 52.1 Å². The highest BCUT2D eigenvalue weighted by molar-refractivity contribution is 5.95. The van der Waals surface area contributed by atoms with Gasteiger partial charge in [0.2, 0.25) is 0 Å². The zero-order valence-electron chi connectivity index (χ0n) is 17.8. The van der Waals surface area contributed by atoms with E-state index >= 15 is 0 Å². The van der Waals surface area contributed by atoms with Gasteiger partial charge in [-0.25, -0.2) is 4.68 Å². The van der Waals surface area contributed by atoms with Crippen LogP contribution < -0.4 is 10.9 Å². The number of esters is 1. The normalized spacial score (nSPS) is 23.4. The van der Waals surface area contributed by atoms with Crippen LogP contribution in [0.25, 0.3) is 5.69 Å². The molecule has 2 aliphatic carbocycles. The van der Waals surface area contributed by atoms with Gasteiger partial charge in [-0.05, 0) is 63.0 Å². The predicted octanol–water partition coefficient (Wildman–Crippen LogP) is 3.18. The van der Waals surface area contributed by atoms with E-state index in [9.17, 15) is 14.4 Å². The average Bonchev–Trinajstić information content (AvgIpc) is 3.39. The number of aromatic nitrogens is 2. The Balaban J connectivity index is 1.41. The lowest BCUT2D eigenvalue weighted by Crippen LogP contribution is -2.32. The molecular formula is C23H29N3O4. The second-order valence-corrected chi connectivity index (χ2v) is 8.70. The maximum absolute atomic E-state index is 12.9. The van der Waals surface area contributed by atoms with E-state index in [1.807, 2.05) is 30.3 Å².